The minimum Gasteiger partial charge on any atom is -0.217 e. The Labute approximate surface area is 46.0 Å². The number of thiocarbonyl (C=S) groups is 1. The van der Waals surface area contributed by atoms with Gasteiger partial charge in [-0.15, -0.1) is 5.10 Å². The van der Waals surface area contributed by atoms with Gasteiger partial charge in [0.25, 0.3) is 0 Å². The Morgan fingerprint density at radius 1 is 1.71 bits per heavy atom. The van der Waals surface area contributed by atoms with E-state index < -0.39 is 0 Å². The Hall–Kier alpha value is -0.770. The summed E-state index contributed by atoms with van der Waals surface area (Å²) in [7, 11) is 0. The van der Waals surface area contributed by atoms with Gasteiger partial charge in [-0.05, 0) is 0 Å². The first kappa shape index (κ1) is 4.39. The Morgan fingerprint density at radius 3 is 2.86 bits per heavy atom. The molecule has 3 nitrogen and oxygen atoms in total. The van der Waals surface area contributed by atoms with E-state index in [4.69, 9.17) is 0 Å². The molecule has 0 atom stereocenters. The number of hydrogen-bond donors (Lipinski definition) is 0. The molecule has 0 radical (unpaired) electrons. The maximum absolute atomic E-state index is 4.51. The molecule has 0 saturated heterocycles. The fourth-order valence-electron chi connectivity index (χ4n) is 0.274. The van der Waals surface area contributed by atoms with Crippen molar-refractivity contribution in [3.8, 4) is 0 Å². The molecular formula is C3H3N3S. The summed E-state index contributed by atoms with van der Waals surface area (Å²) in [6.45, 7) is 0. The molecule has 0 aromatic carbocycles. The van der Waals surface area contributed by atoms with E-state index in [1.54, 1.807) is 12.4 Å². The number of rotatable bonds is 1. The maximum atomic E-state index is 4.51. The molecule has 0 aliphatic carbocycles. The fraction of sp³-hybridized carbons (Fsp3) is 0. The molecular weight excluding hydrogens is 110 g/mol. The third kappa shape index (κ3) is 0.806. The lowest BCUT2D eigenvalue weighted by atomic mass is 10.9. The summed E-state index contributed by atoms with van der Waals surface area (Å²) in [4.78, 5) is 0. The van der Waals surface area contributed by atoms with E-state index in [1.165, 1.54) is 10.2 Å². The Balaban J connectivity index is 2.96. The molecule has 1 heterocycles. The molecule has 0 saturated carbocycles. The van der Waals surface area contributed by atoms with Crippen LogP contribution in [0.3, 0.4) is 0 Å². The number of nitrogens with zero attached hydrogens (tertiary/aromatic N) is 3. The monoisotopic (exact) mass is 113 g/mol. The molecule has 36 valence electrons. The quantitative estimate of drug-likeness (QED) is 0.483. The van der Waals surface area contributed by atoms with Crippen LogP contribution in [0.2, 0.25) is 0 Å². The van der Waals surface area contributed by atoms with Crippen molar-refractivity contribution in [1.29, 1.82) is 0 Å². The van der Waals surface area contributed by atoms with Crippen molar-refractivity contribution in [2.75, 3.05) is 0 Å². The fourth-order valence-corrected chi connectivity index (χ4v) is 0.386. The van der Waals surface area contributed by atoms with Crippen LogP contribution in [0.4, 0.5) is 0 Å². The summed E-state index contributed by atoms with van der Waals surface area (Å²) >= 11 is 4.51. The summed E-state index contributed by atoms with van der Waals surface area (Å²) in [5, 5.41) is 7.05. The second kappa shape index (κ2) is 1.79. The van der Waals surface area contributed by atoms with Crippen LogP contribution in [0.15, 0.2) is 12.4 Å². The molecule has 7 heavy (non-hydrogen) atoms. The van der Waals surface area contributed by atoms with Gasteiger partial charge in [-0.25, -0.2) is 4.68 Å². The molecule has 1 aromatic heterocycles. The normalized spacial score (nSPS) is 8.57. The molecule has 0 amide bonds. The van der Waals surface area contributed by atoms with Crippen LogP contribution in [0.5, 0.6) is 0 Å². The van der Waals surface area contributed by atoms with Crippen LogP contribution in [0, 0.1) is 0 Å². The van der Waals surface area contributed by atoms with Crippen molar-refractivity contribution in [1.82, 2.24) is 15.0 Å². The van der Waals surface area contributed by atoms with Crippen molar-refractivity contribution in [3.05, 3.63) is 12.4 Å². The summed E-state index contributed by atoms with van der Waals surface area (Å²) < 4.78 is 1.45. The second-order valence-electron chi connectivity index (χ2n) is 0.988. The minimum atomic E-state index is 1.41. The summed E-state index contributed by atoms with van der Waals surface area (Å²) in [6.07, 6.45) is 3.25. The minimum absolute atomic E-state index is 1.41. The van der Waals surface area contributed by atoms with Gasteiger partial charge in [0.05, 0.1) is 17.9 Å². The average Bonchev–Trinajstić information content (AvgIpc) is 2.14. The highest BCUT2D eigenvalue weighted by atomic mass is 32.1. The standard InChI is InChI=1S/C3H3N3S/c7-3-6-2-1-4-5-6/h1-3H. The zero-order chi connectivity index (χ0) is 5.11. The van der Waals surface area contributed by atoms with Crippen molar-refractivity contribution in [3.63, 3.8) is 0 Å². The summed E-state index contributed by atoms with van der Waals surface area (Å²) in [5.41, 5.74) is 1.41. The van der Waals surface area contributed by atoms with E-state index in [9.17, 15) is 0 Å². The van der Waals surface area contributed by atoms with E-state index in [0.29, 0.717) is 0 Å². The highest BCUT2D eigenvalue weighted by molar-refractivity contribution is 7.78. The van der Waals surface area contributed by atoms with E-state index in [2.05, 4.69) is 22.5 Å². The third-order valence-electron chi connectivity index (χ3n) is 0.549. The summed E-state index contributed by atoms with van der Waals surface area (Å²) in [5.74, 6) is 0. The lowest BCUT2D eigenvalue weighted by Crippen LogP contribution is -1.91. The first-order valence-electron chi connectivity index (χ1n) is 1.74. The topological polar surface area (TPSA) is 30.7 Å². The largest absolute Gasteiger partial charge is 0.217 e. The molecule has 1 aromatic rings. The molecule has 0 aliphatic rings. The molecule has 0 bridgehead atoms. The van der Waals surface area contributed by atoms with Gasteiger partial charge < -0.3 is 0 Å². The lowest BCUT2D eigenvalue weighted by Gasteiger charge is -1.76. The zero-order valence-corrected chi connectivity index (χ0v) is 4.30. The van der Waals surface area contributed by atoms with Gasteiger partial charge in [-0.2, -0.15) is 0 Å². The number of aromatic nitrogens is 3. The van der Waals surface area contributed by atoms with Crippen LogP contribution in [-0.2, 0) is 0 Å². The molecule has 0 spiro atoms. The first-order valence-corrected chi connectivity index (χ1v) is 2.22. The Kier molecular flexibility index (Phi) is 1.12. The van der Waals surface area contributed by atoms with E-state index in [0.717, 1.165) is 0 Å². The molecule has 0 aliphatic heterocycles. The predicted molar refractivity (Wildman–Crippen MR) is 29.1 cm³/mol. The lowest BCUT2D eigenvalue weighted by molar-refractivity contribution is 0.864. The predicted octanol–water partition coefficient (Wildman–Crippen LogP) is 0.0834. The van der Waals surface area contributed by atoms with Crippen molar-refractivity contribution >= 4 is 17.7 Å². The smallest absolute Gasteiger partial charge is 0.0931 e. The highest BCUT2D eigenvalue weighted by Crippen LogP contribution is 1.69. The van der Waals surface area contributed by atoms with Crippen LogP contribution in [0.1, 0.15) is 0 Å². The first-order chi connectivity index (χ1) is 3.43. The van der Waals surface area contributed by atoms with Crippen LogP contribution in [-0.4, -0.2) is 20.5 Å². The van der Waals surface area contributed by atoms with E-state index in [-0.39, 0.29) is 0 Å². The Morgan fingerprint density at radius 2 is 2.57 bits per heavy atom. The van der Waals surface area contributed by atoms with Gasteiger partial charge in [-0.3, -0.25) is 0 Å². The van der Waals surface area contributed by atoms with Gasteiger partial charge in [0.2, 0.25) is 0 Å². The van der Waals surface area contributed by atoms with E-state index in [1.807, 2.05) is 0 Å². The SMILES string of the molecule is S=Cn1ccnn1. The van der Waals surface area contributed by atoms with Gasteiger partial charge in [0.15, 0.2) is 0 Å². The van der Waals surface area contributed by atoms with Crippen molar-refractivity contribution in [2.24, 2.45) is 0 Å². The molecule has 0 N–H and O–H groups in total. The van der Waals surface area contributed by atoms with Gasteiger partial charge in [0.1, 0.15) is 0 Å². The van der Waals surface area contributed by atoms with Crippen LogP contribution < -0.4 is 0 Å². The third-order valence-corrected chi connectivity index (χ3v) is 0.765. The highest BCUT2D eigenvalue weighted by Gasteiger charge is 1.76. The van der Waals surface area contributed by atoms with Crippen LogP contribution in [0.25, 0.3) is 0 Å². The van der Waals surface area contributed by atoms with Crippen molar-refractivity contribution in [2.45, 2.75) is 0 Å². The van der Waals surface area contributed by atoms with Crippen LogP contribution >= 0.6 is 12.2 Å². The maximum Gasteiger partial charge on any atom is 0.0931 e. The summed E-state index contributed by atoms with van der Waals surface area (Å²) in [6, 6.07) is 0. The number of hydrogen-bond acceptors (Lipinski definition) is 3. The molecule has 0 unspecified atom stereocenters. The zero-order valence-electron chi connectivity index (χ0n) is 3.48. The average molecular weight is 113 g/mol. The molecule has 4 heteroatoms. The van der Waals surface area contributed by atoms with Gasteiger partial charge >= 0.3 is 0 Å². The Bertz CT molecular complexity index is 145. The second-order valence-corrected chi connectivity index (χ2v) is 1.20. The molecule has 1 rings (SSSR count). The molecule has 0 fully saturated rings. The van der Waals surface area contributed by atoms with E-state index >= 15 is 0 Å². The van der Waals surface area contributed by atoms with Gasteiger partial charge in [0, 0.05) is 0 Å². The van der Waals surface area contributed by atoms with Gasteiger partial charge in [-0.1, -0.05) is 17.4 Å². The van der Waals surface area contributed by atoms with Crippen molar-refractivity contribution < 1.29 is 0 Å².